The lowest BCUT2D eigenvalue weighted by Crippen LogP contribution is -2.58. The van der Waals surface area contributed by atoms with Gasteiger partial charge in [0, 0.05) is 36.0 Å². The molecule has 11 heteroatoms. The summed E-state index contributed by atoms with van der Waals surface area (Å²) in [5.74, 6) is -0.311. The Hall–Kier alpha value is -3.81. The summed E-state index contributed by atoms with van der Waals surface area (Å²) in [5, 5.41) is 1.43. The average molecular weight is 650 g/mol. The molecule has 0 radical (unpaired) electrons. The molecule has 2 aromatic carbocycles. The fourth-order valence-electron chi connectivity index (χ4n) is 6.06. The molecule has 1 aliphatic rings. The normalized spacial score (nSPS) is 17.3. The second-order valence-corrected chi connectivity index (χ2v) is 16.1. The lowest BCUT2D eigenvalue weighted by atomic mass is 9.97. The van der Waals surface area contributed by atoms with Crippen LogP contribution in [0, 0.1) is 12.7 Å². The number of hydrogen-bond acceptors (Lipinski definition) is 6. The lowest BCUT2D eigenvalue weighted by Gasteiger charge is -2.44. The van der Waals surface area contributed by atoms with Crippen molar-refractivity contribution in [1.82, 2.24) is 19.4 Å². The van der Waals surface area contributed by atoms with Crippen LogP contribution in [-0.4, -0.2) is 63.8 Å². The zero-order valence-corrected chi connectivity index (χ0v) is 28.3. The molecule has 1 saturated heterocycles. The van der Waals surface area contributed by atoms with Gasteiger partial charge in [0.25, 0.3) is 0 Å². The third kappa shape index (κ3) is 5.96. The van der Waals surface area contributed by atoms with Crippen molar-refractivity contribution in [1.29, 1.82) is 0 Å². The van der Waals surface area contributed by atoms with Crippen molar-refractivity contribution in [3.63, 3.8) is 0 Å². The first kappa shape index (κ1) is 32.6. The molecule has 2 atom stereocenters. The number of carbonyl (C=O) groups is 1. The SMILES string of the molecule is C=CC(=O)N1C[C@H](C)N(c2nc(=O)n(-c3c(C)cc(P(C)(C)=O)cc3C(C)C)c3nc(-c4ccccc4F)c(Cl)cc23)C[C@H]1C. The molecule has 236 valence electrons. The smallest absolute Gasteiger partial charge is 0.349 e. The molecule has 0 spiro atoms. The molecule has 0 saturated carbocycles. The van der Waals surface area contributed by atoms with E-state index in [1.807, 2.05) is 51.7 Å². The Labute approximate surface area is 267 Å². The highest BCUT2D eigenvalue weighted by Crippen LogP contribution is 2.40. The Balaban J connectivity index is 1.86. The second kappa shape index (κ2) is 12.2. The molecule has 1 aliphatic heterocycles. The largest absolute Gasteiger partial charge is 0.355 e. The van der Waals surface area contributed by atoms with E-state index in [9.17, 15) is 14.2 Å². The predicted octanol–water partition coefficient (Wildman–Crippen LogP) is 6.53. The van der Waals surface area contributed by atoms with Crippen LogP contribution in [0.25, 0.3) is 28.0 Å². The number of halogens is 2. The van der Waals surface area contributed by atoms with E-state index < -0.39 is 18.6 Å². The van der Waals surface area contributed by atoms with E-state index in [0.717, 1.165) is 11.1 Å². The maximum atomic E-state index is 15.1. The number of benzene rings is 2. The van der Waals surface area contributed by atoms with Crippen molar-refractivity contribution in [3.05, 3.63) is 87.6 Å². The maximum absolute atomic E-state index is 15.1. The summed E-state index contributed by atoms with van der Waals surface area (Å²) in [5.41, 5.74) is 2.25. The number of piperazine rings is 1. The number of fused-ring (bicyclic) bond motifs is 1. The molecule has 3 heterocycles. The maximum Gasteiger partial charge on any atom is 0.355 e. The van der Waals surface area contributed by atoms with Gasteiger partial charge in [-0.25, -0.2) is 18.7 Å². The van der Waals surface area contributed by atoms with Gasteiger partial charge in [0.05, 0.1) is 21.8 Å². The highest BCUT2D eigenvalue weighted by Gasteiger charge is 2.34. The molecular formula is C34H38ClFN5O3P. The summed E-state index contributed by atoms with van der Waals surface area (Å²) in [6.45, 7) is 17.7. The van der Waals surface area contributed by atoms with Crippen LogP contribution in [0.4, 0.5) is 10.2 Å². The minimum atomic E-state index is -2.62. The van der Waals surface area contributed by atoms with Gasteiger partial charge in [-0.15, -0.1) is 0 Å². The standard InChI is InChI=1S/C34H38ClFN5O3P/c1-9-29(42)39-17-22(6)40(18-21(39)5)32-26-16-27(35)30(24-12-10-11-13-28(24)36)37-33(26)41(34(43)38-32)31-20(4)14-23(45(7,8)44)15-25(31)19(2)3/h9-16,19,21-22H,1,17-18H2,2-8H3/t21-,22+/m1/s1. The monoisotopic (exact) mass is 649 g/mol. The summed E-state index contributed by atoms with van der Waals surface area (Å²) in [6.07, 6.45) is 1.30. The first-order valence-corrected chi connectivity index (χ1v) is 17.9. The highest BCUT2D eigenvalue weighted by atomic mass is 35.5. The quantitative estimate of drug-likeness (QED) is 0.174. The molecule has 2 aromatic heterocycles. The number of anilines is 1. The molecule has 1 amide bonds. The van der Waals surface area contributed by atoms with Crippen LogP contribution >= 0.6 is 18.7 Å². The number of rotatable bonds is 6. The topological polar surface area (TPSA) is 88.4 Å². The third-order valence-corrected chi connectivity index (χ3v) is 10.2. The van der Waals surface area contributed by atoms with Crippen LogP contribution in [0.3, 0.4) is 0 Å². The molecule has 0 unspecified atom stereocenters. The molecule has 1 fully saturated rings. The Morgan fingerprint density at radius 1 is 1.11 bits per heavy atom. The molecular weight excluding hydrogens is 612 g/mol. The van der Waals surface area contributed by atoms with E-state index in [1.165, 1.54) is 16.7 Å². The molecule has 45 heavy (non-hydrogen) atoms. The van der Waals surface area contributed by atoms with Gasteiger partial charge in [0.15, 0.2) is 5.65 Å². The summed E-state index contributed by atoms with van der Waals surface area (Å²) in [6, 6.07) is 11.3. The number of pyridine rings is 1. The number of aromatic nitrogens is 3. The van der Waals surface area contributed by atoms with Crippen molar-refractivity contribution < 1.29 is 13.8 Å². The van der Waals surface area contributed by atoms with Crippen molar-refractivity contribution >= 4 is 46.8 Å². The molecule has 0 N–H and O–H groups in total. The Bertz CT molecular complexity index is 1950. The van der Waals surface area contributed by atoms with E-state index >= 15 is 4.39 Å². The van der Waals surface area contributed by atoms with E-state index in [-0.39, 0.29) is 45.8 Å². The minimum absolute atomic E-state index is 0.0403. The lowest BCUT2D eigenvalue weighted by molar-refractivity contribution is -0.128. The van der Waals surface area contributed by atoms with Crippen LogP contribution in [0.15, 0.2) is 59.9 Å². The van der Waals surface area contributed by atoms with Gasteiger partial charge in [0.2, 0.25) is 5.91 Å². The van der Waals surface area contributed by atoms with Crippen molar-refractivity contribution in [2.45, 2.75) is 52.6 Å². The van der Waals surface area contributed by atoms with Gasteiger partial charge >= 0.3 is 5.69 Å². The second-order valence-electron chi connectivity index (χ2n) is 12.5. The Morgan fingerprint density at radius 3 is 2.42 bits per heavy atom. The van der Waals surface area contributed by atoms with Crippen LogP contribution in [0.2, 0.25) is 5.02 Å². The molecule has 4 aromatic rings. The van der Waals surface area contributed by atoms with Gasteiger partial charge in [-0.1, -0.05) is 44.2 Å². The first-order valence-electron chi connectivity index (χ1n) is 14.9. The van der Waals surface area contributed by atoms with E-state index in [1.54, 1.807) is 42.5 Å². The molecule has 0 bridgehead atoms. The zero-order chi connectivity index (χ0) is 33.0. The summed E-state index contributed by atoms with van der Waals surface area (Å²) >= 11 is 6.83. The van der Waals surface area contributed by atoms with Crippen molar-refractivity contribution in [3.8, 4) is 16.9 Å². The van der Waals surface area contributed by atoms with Gasteiger partial charge in [-0.3, -0.25) is 4.79 Å². The molecule has 0 aliphatic carbocycles. The average Bonchev–Trinajstić information content (AvgIpc) is 2.97. The number of nitrogens with zero attached hydrogens (tertiary/aromatic N) is 5. The van der Waals surface area contributed by atoms with Crippen LogP contribution < -0.4 is 15.9 Å². The van der Waals surface area contributed by atoms with E-state index in [2.05, 4.69) is 11.6 Å². The summed E-state index contributed by atoms with van der Waals surface area (Å²) in [7, 11) is -2.62. The summed E-state index contributed by atoms with van der Waals surface area (Å²) in [4.78, 5) is 40.1. The van der Waals surface area contributed by atoms with Gasteiger partial charge in [0.1, 0.15) is 18.8 Å². The fraction of sp³-hybridized carbons (Fsp3) is 0.353. The number of hydrogen-bond donors (Lipinski definition) is 0. The fourth-order valence-corrected chi connectivity index (χ4v) is 7.27. The van der Waals surface area contributed by atoms with E-state index in [4.69, 9.17) is 16.6 Å². The van der Waals surface area contributed by atoms with Gasteiger partial charge in [-0.05, 0) is 87.6 Å². The number of amides is 1. The minimum Gasteiger partial charge on any atom is -0.349 e. The third-order valence-electron chi connectivity index (χ3n) is 8.43. The Morgan fingerprint density at radius 2 is 1.80 bits per heavy atom. The molecule has 8 nitrogen and oxygen atoms in total. The van der Waals surface area contributed by atoms with Crippen LogP contribution in [0.1, 0.15) is 44.7 Å². The summed E-state index contributed by atoms with van der Waals surface area (Å²) < 4.78 is 29.7. The molecule has 5 rings (SSSR count). The van der Waals surface area contributed by atoms with Crippen LogP contribution in [0.5, 0.6) is 0 Å². The zero-order valence-electron chi connectivity index (χ0n) is 26.6. The van der Waals surface area contributed by atoms with Gasteiger partial charge < -0.3 is 14.4 Å². The van der Waals surface area contributed by atoms with E-state index in [0.29, 0.717) is 35.3 Å². The van der Waals surface area contributed by atoms with Gasteiger partial charge in [-0.2, -0.15) is 4.98 Å². The van der Waals surface area contributed by atoms with Crippen molar-refractivity contribution in [2.24, 2.45) is 0 Å². The van der Waals surface area contributed by atoms with Crippen molar-refractivity contribution in [2.75, 3.05) is 31.3 Å². The Kier molecular flexibility index (Phi) is 8.82. The van der Waals surface area contributed by atoms with Crippen LogP contribution in [-0.2, 0) is 9.36 Å². The number of carbonyl (C=O) groups excluding carboxylic acids is 1. The number of aryl methyl sites for hydroxylation is 1. The predicted molar refractivity (Wildman–Crippen MR) is 182 cm³/mol. The highest BCUT2D eigenvalue weighted by molar-refractivity contribution is 7.70. The first-order chi connectivity index (χ1) is 21.1.